The zero-order chi connectivity index (χ0) is 13.8. The van der Waals surface area contributed by atoms with Crippen molar-refractivity contribution in [1.29, 1.82) is 0 Å². The summed E-state index contributed by atoms with van der Waals surface area (Å²) in [6, 6.07) is 16.9. The number of aryl methyl sites for hydroxylation is 2. The van der Waals surface area contributed by atoms with Crippen LogP contribution >= 0.6 is 0 Å². The average molecular weight is 271 g/mol. The zero-order valence-corrected chi connectivity index (χ0v) is 11.5. The molecule has 21 heavy (non-hydrogen) atoms. The Morgan fingerprint density at radius 1 is 0.857 bits per heavy atom. The molecule has 0 atom stereocenters. The fraction of sp³-hybridized carbons (Fsp3) is 0.111. The Labute approximate surface area is 121 Å². The van der Waals surface area contributed by atoms with Gasteiger partial charge in [-0.1, -0.05) is 36.4 Å². The zero-order valence-electron chi connectivity index (χ0n) is 11.5. The lowest BCUT2D eigenvalue weighted by Gasteiger charge is -2.20. The smallest absolute Gasteiger partial charge is 0.235 e. The summed E-state index contributed by atoms with van der Waals surface area (Å²) in [6.45, 7) is 0. The maximum Gasteiger partial charge on any atom is 0.235 e. The van der Waals surface area contributed by atoms with Gasteiger partial charge in [0, 0.05) is 11.8 Å². The van der Waals surface area contributed by atoms with Gasteiger partial charge < -0.3 is 0 Å². The highest BCUT2D eigenvalue weighted by molar-refractivity contribution is 5.84. The number of aromatic nitrogens is 3. The number of nitrogens with zero attached hydrogens (tertiary/aromatic N) is 3. The first-order valence-corrected chi connectivity index (χ1v) is 7.25. The first kappa shape index (κ1) is 11.0. The molecule has 1 aliphatic carbocycles. The number of hydrogen-bond acceptors (Lipinski definition) is 2. The van der Waals surface area contributed by atoms with Crippen molar-refractivity contribution < 1.29 is 0 Å². The molecule has 0 saturated carbocycles. The van der Waals surface area contributed by atoms with Crippen LogP contribution in [0.1, 0.15) is 11.1 Å². The van der Waals surface area contributed by atoms with Crippen LogP contribution in [0.2, 0.25) is 0 Å². The molecule has 4 aromatic rings. The Kier molecular flexibility index (Phi) is 2.06. The standard InChI is InChI=1S/C18H13N3/c1-2-6-14-12(5-1)9-10-13-11-19-18-20-15-7-3-4-8-16(15)21(18)17(13)14/h1-8,11H,9-10H2. The van der Waals surface area contributed by atoms with E-state index < -0.39 is 0 Å². The van der Waals surface area contributed by atoms with Crippen molar-refractivity contribution in [3.8, 4) is 11.3 Å². The number of para-hydroxylation sites is 2. The Balaban J connectivity index is 2.01. The van der Waals surface area contributed by atoms with Crippen molar-refractivity contribution in [1.82, 2.24) is 14.4 Å². The van der Waals surface area contributed by atoms with Crippen LogP contribution in [0, 0.1) is 0 Å². The maximum atomic E-state index is 4.65. The highest BCUT2D eigenvalue weighted by Crippen LogP contribution is 2.34. The third-order valence-electron chi connectivity index (χ3n) is 4.34. The molecule has 0 aliphatic heterocycles. The molecule has 3 heteroatoms. The van der Waals surface area contributed by atoms with E-state index in [4.69, 9.17) is 0 Å². The van der Waals surface area contributed by atoms with E-state index in [0.717, 1.165) is 29.7 Å². The lowest BCUT2D eigenvalue weighted by molar-refractivity contribution is 0.907. The van der Waals surface area contributed by atoms with E-state index in [1.807, 2.05) is 18.3 Å². The summed E-state index contributed by atoms with van der Waals surface area (Å²) in [5.74, 6) is 0.784. The monoisotopic (exact) mass is 271 g/mol. The predicted octanol–water partition coefficient (Wildman–Crippen LogP) is 3.65. The lowest BCUT2D eigenvalue weighted by Crippen LogP contribution is -2.09. The van der Waals surface area contributed by atoms with Crippen LogP contribution in [-0.4, -0.2) is 14.4 Å². The number of imidazole rings is 1. The molecule has 0 N–H and O–H groups in total. The molecule has 0 radical (unpaired) electrons. The van der Waals surface area contributed by atoms with Crippen LogP contribution in [0.3, 0.4) is 0 Å². The Morgan fingerprint density at radius 3 is 2.67 bits per heavy atom. The van der Waals surface area contributed by atoms with E-state index in [0.29, 0.717) is 0 Å². The first-order chi connectivity index (χ1) is 10.4. The highest BCUT2D eigenvalue weighted by atomic mass is 15.1. The quantitative estimate of drug-likeness (QED) is 0.488. The third-order valence-corrected chi connectivity index (χ3v) is 4.34. The second-order valence-electron chi connectivity index (χ2n) is 5.53. The molecule has 0 amide bonds. The molecule has 0 fully saturated rings. The Morgan fingerprint density at radius 2 is 1.67 bits per heavy atom. The summed E-state index contributed by atoms with van der Waals surface area (Å²) in [6.07, 6.45) is 4.12. The second-order valence-corrected chi connectivity index (χ2v) is 5.53. The van der Waals surface area contributed by atoms with Gasteiger partial charge in [0.05, 0.1) is 16.7 Å². The Hall–Kier alpha value is -2.68. The van der Waals surface area contributed by atoms with Gasteiger partial charge in [-0.05, 0) is 36.1 Å². The molecule has 2 heterocycles. The lowest BCUT2D eigenvalue weighted by atomic mass is 9.90. The van der Waals surface area contributed by atoms with Gasteiger partial charge in [-0.2, -0.15) is 0 Å². The van der Waals surface area contributed by atoms with Gasteiger partial charge >= 0.3 is 0 Å². The first-order valence-electron chi connectivity index (χ1n) is 7.25. The normalized spacial score (nSPS) is 13.3. The molecule has 0 saturated heterocycles. The predicted molar refractivity (Wildman–Crippen MR) is 83.3 cm³/mol. The molecule has 0 spiro atoms. The largest absolute Gasteiger partial charge is 0.276 e. The summed E-state index contributed by atoms with van der Waals surface area (Å²) < 4.78 is 2.21. The van der Waals surface area contributed by atoms with E-state index in [1.165, 1.54) is 22.4 Å². The van der Waals surface area contributed by atoms with E-state index in [-0.39, 0.29) is 0 Å². The third kappa shape index (κ3) is 1.43. The fourth-order valence-corrected chi connectivity index (χ4v) is 3.38. The van der Waals surface area contributed by atoms with Crippen molar-refractivity contribution in [3.63, 3.8) is 0 Å². The molecular formula is C18H13N3. The number of rotatable bonds is 0. The van der Waals surface area contributed by atoms with Gasteiger partial charge in [0.2, 0.25) is 5.78 Å². The molecule has 5 rings (SSSR count). The fourth-order valence-electron chi connectivity index (χ4n) is 3.38. The molecule has 3 nitrogen and oxygen atoms in total. The van der Waals surface area contributed by atoms with Gasteiger partial charge in [0.1, 0.15) is 0 Å². The van der Waals surface area contributed by atoms with Crippen LogP contribution in [0.4, 0.5) is 0 Å². The molecule has 2 aromatic carbocycles. The van der Waals surface area contributed by atoms with Gasteiger partial charge in [0.15, 0.2) is 0 Å². The van der Waals surface area contributed by atoms with Gasteiger partial charge in [-0.25, -0.2) is 9.97 Å². The van der Waals surface area contributed by atoms with Crippen molar-refractivity contribution in [3.05, 3.63) is 65.9 Å². The van der Waals surface area contributed by atoms with E-state index >= 15 is 0 Å². The minimum atomic E-state index is 0.784. The minimum absolute atomic E-state index is 0.784. The molecule has 1 aliphatic rings. The number of fused-ring (bicyclic) bond motifs is 7. The van der Waals surface area contributed by atoms with Crippen molar-refractivity contribution >= 4 is 16.8 Å². The second kappa shape index (κ2) is 3.92. The molecule has 100 valence electrons. The number of benzene rings is 2. The maximum absolute atomic E-state index is 4.65. The van der Waals surface area contributed by atoms with E-state index in [9.17, 15) is 0 Å². The van der Waals surface area contributed by atoms with E-state index in [1.54, 1.807) is 0 Å². The molecular weight excluding hydrogens is 258 g/mol. The van der Waals surface area contributed by atoms with Gasteiger partial charge in [0.25, 0.3) is 0 Å². The molecule has 2 aromatic heterocycles. The summed E-state index contributed by atoms with van der Waals surface area (Å²) in [4.78, 5) is 9.20. The van der Waals surface area contributed by atoms with Gasteiger partial charge in [-0.3, -0.25) is 4.40 Å². The Bertz CT molecular complexity index is 998. The summed E-state index contributed by atoms with van der Waals surface area (Å²) in [7, 11) is 0. The molecule has 0 unspecified atom stereocenters. The molecule has 0 bridgehead atoms. The summed E-state index contributed by atoms with van der Waals surface area (Å²) in [5, 5.41) is 0. The van der Waals surface area contributed by atoms with Crippen molar-refractivity contribution in [2.75, 3.05) is 0 Å². The summed E-state index contributed by atoms with van der Waals surface area (Å²) >= 11 is 0. The van der Waals surface area contributed by atoms with Crippen LogP contribution in [0.25, 0.3) is 28.1 Å². The summed E-state index contributed by atoms with van der Waals surface area (Å²) in [5.41, 5.74) is 7.43. The average Bonchev–Trinajstić information content (AvgIpc) is 2.93. The van der Waals surface area contributed by atoms with Crippen molar-refractivity contribution in [2.24, 2.45) is 0 Å². The SMILES string of the molecule is c1ccc2c(c1)CCc1cnc3nc4ccccc4n3c1-2. The van der Waals surface area contributed by atoms with E-state index in [2.05, 4.69) is 50.8 Å². The number of hydrogen-bond donors (Lipinski definition) is 0. The van der Waals surface area contributed by atoms with Crippen LogP contribution in [0.15, 0.2) is 54.7 Å². The highest BCUT2D eigenvalue weighted by Gasteiger charge is 2.20. The van der Waals surface area contributed by atoms with Crippen molar-refractivity contribution in [2.45, 2.75) is 12.8 Å². The van der Waals surface area contributed by atoms with Gasteiger partial charge in [-0.15, -0.1) is 0 Å². The minimum Gasteiger partial charge on any atom is -0.276 e. The van der Waals surface area contributed by atoms with Crippen LogP contribution < -0.4 is 0 Å². The van der Waals surface area contributed by atoms with Crippen LogP contribution in [-0.2, 0) is 12.8 Å². The topological polar surface area (TPSA) is 30.2 Å². The van der Waals surface area contributed by atoms with Crippen LogP contribution in [0.5, 0.6) is 0 Å².